The lowest BCUT2D eigenvalue weighted by atomic mass is 10.3. The quantitative estimate of drug-likeness (QED) is 0.763. The van der Waals surface area contributed by atoms with Crippen LogP contribution in [0.3, 0.4) is 0 Å². The molecule has 0 saturated carbocycles. The van der Waals surface area contributed by atoms with Gasteiger partial charge < -0.3 is 15.4 Å². The van der Waals surface area contributed by atoms with Gasteiger partial charge in [0.25, 0.3) is 0 Å². The number of rotatable bonds is 8. The Kier molecular flexibility index (Phi) is 6.87. The zero-order chi connectivity index (χ0) is 17.4. The van der Waals surface area contributed by atoms with E-state index in [1.807, 2.05) is 17.0 Å². The Labute approximate surface area is 146 Å². The van der Waals surface area contributed by atoms with Crippen molar-refractivity contribution in [2.75, 3.05) is 31.2 Å². The van der Waals surface area contributed by atoms with Crippen molar-refractivity contribution < 1.29 is 9.53 Å². The fourth-order valence-electron chi connectivity index (χ4n) is 2.20. The van der Waals surface area contributed by atoms with E-state index in [0.717, 1.165) is 30.8 Å². The lowest BCUT2D eigenvalue weighted by molar-refractivity contribution is 0.211. The van der Waals surface area contributed by atoms with Crippen LogP contribution < -0.4 is 15.8 Å². The molecule has 24 heavy (non-hydrogen) atoms. The maximum atomic E-state index is 12.5. The standard InChI is InChI=1S/C17H24N4O2S/c1-3-4-10-21(11-9-14-6-7-15(18)24-14)17(22)20-16-8-5-13(23-2)12-19-16/h5-8,12H,3-4,9-11,18H2,1-2H3,(H,19,20,22). The molecule has 2 amide bonds. The Balaban J connectivity index is 1.95. The van der Waals surface area contributed by atoms with E-state index in [2.05, 4.69) is 17.2 Å². The molecule has 2 heterocycles. The Bertz CT molecular complexity index is 642. The van der Waals surface area contributed by atoms with Crippen molar-refractivity contribution in [2.24, 2.45) is 0 Å². The molecule has 0 spiro atoms. The van der Waals surface area contributed by atoms with Crippen LogP contribution in [0.1, 0.15) is 24.6 Å². The second-order valence-electron chi connectivity index (χ2n) is 5.41. The number of anilines is 2. The zero-order valence-electron chi connectivity index (χ0n) is 14.1. The van der Waals surface area contributed by atoms with E-state index in [1.54, 1.807) is 36.8 Å². The first-order chi connectivity index (χ1) is 11.6. The third-order valence-corrected chi connectivity index (χ3v) is 4.56. The minimum absolute atomic E-state index is 0.134. The van der Waals surface area contributed by atoms with Gasteiger partial charge in [-0.25, -0.2) is 9.78 Å². The number of pyridine rings is 1. The predicted molar refractivity (Wildman–Crippen MR) is 98.7 cm³/mol. The molecule has 2 aromatic heterocycles. The van der Waals surface area contributed by atoms with E-state index in [-0.39, 0.29) is 6.03 Å². The van der Waals surface area contributed by atoms with Crippen LogP contribution >= 0.6 is 11.3 Å². The first-order valence-corrected chi connectivity index (χ1v) is 8.84. The second-order valence-corrected chi connectivity index (χ2v) is 6.61. The van der Waals surface area contributed by atoms with Crippen molar-refractivity contribution in [3.63, 3.8) is 0 Å². The molecule has 0 aliphatic carbocycles. The van der Waals surface area contributed by atoms with Gasteiger partial charge in [-0.05, 0) is 37.1 Å². The average Bonchev–Trinajstić information content (AvgIpc) is 3.01. The number of ether oxygens (including phenoxy) is 1. The topological polar surface area (TPSA) is 80.5 Å². The highest BCUT2D eigenvalue weighted by Gasteiger charge is 2.14. The Morgan fingerprint density at radius 1 is 1.33 bits per heavy atom. The van der Waals surface area contributed by atoms with Crippen molar-refractivity contribution in [3.05, 3.63) is 35.3 Å². The van der Waals surface area contributed by atoms with Crippen molar-refractivity contribution >= 4 is 28.2 Å². The summed E-state index contributed by atoms with van der Waals surface area (Å²) in [4.78, 5) is 19.7. The number of carbonyl (C=O) groups is 1. The Hall–Kier alpha value is -2.28. The molecule has 2 aromatic rings. The molecule has 0 unspecified atom stereocenters. The van der Waals surface area contributed by atoms with Crippen molar-refractivity contribution in [1.29, 1.82) is 0 Å². The molecule has 0 aliphatic rings. The van der Waals surface area contributed by atoms with Gasteiger partial charge in [-0.1, -0.05) is 13.3 Å². The number of carbonyl (C=O) groups excluding carboxylic acids is 1. The molecule has 0 radical (unpaired) electrons. The third-order valence-electron chi connectivity index (χ3n) is 3.59. The van der Waals surface area contributed by atoms with Gasteiger partial charge in [0.1, 0.15) is 11.6 Å². The highest BCUT2D eigenvalue weighted by atomic mass is 32.1. The van der Waals surface area contributed by atoms with Gasteiger partial charge in [0.15, 0.2) is 0 Å². The maximum Gasteiger partial charge on any atom is 0.323 e. The fourth-order valence-corrected chi connectivity index (χ4v) is 2.97. The number of amides is 2. The maximum absolute atomic E-state index is 12.5. The Morgan fingerprint density at radius 3 is 2.75 bits per heavy atom. The number of hydrogen-bond donors (Lipinski definition) is 2. The van der Waals surface area contributed by atoms with Crippen LogP contribution in [0.2, 0.25) is 0 Å². The summed E-state index contributed by atoms with van der Waals surface area (Å²) in [6, 6.07) is 7.28. The summed E-state index contributed by atoms with van der Waals surface area (Å²) in [7, 11) is 1.58. The van der Waals surface area contributed by atoms with Crippen LogP contribution in [0.25, 0.3) is 0 Å². The summed E-state index contributed by atoms with van der Waals surface area (Å²) in [5, 5.41) is 3.65. The number of urea groups is 1. The van der Waals surface area contributed by atoms with E-state index in [4.69, 9.17) is 10.5 Å². The van der Waals surface area contributed by atoms with Crippen LogP contribution in [-0.2, 0) is 6.42 Å². The average molecular weight is 348 g/mol. The molecule has 0 fully saturated rings. The van der Waals surface area contributed by atoms with Gasteiger partial charge >= 0.3 is 6.03 Å². The van der Waals surface area contributed by atoms with Gasteiger partial charge in [0, 0.05) is 18.0 Å². The van der Waals surface area contributed by atoms with E-state index < -0.39 is 0 Å². The molecule has 0 saturated heterocycles. The molecule has 0 bridgehead atoms. The van der Waals surface area contributed by atoms with E-state index in [1.165, 1.54) is 4.88 Å². The molecular formula is C17H24N4O2S. The van der Waals surface area contributed by atoms with Gasteiger partial charge in [0.05, 0.1) is 18.3 Å². The van der Waals surface area contributed by atoms with Crippen LogP contribution in [0, 0.1) is 0 Å². The van der Waals surface area contributed by atoms with E-state index in [9.17, 15) is 4.79 Å². The molecule has 3 N–H and O–H groups in total. The van der Waals surface area contributed by atoms with E-state index in [0.29, 0.717) is 18.1 Å². The molecular weight excluding hydrogens is 324 g/mol. The van der Waals surface area contributed by atoms with Crippen molar-refractivity contribution in [3.8, 4) is 5.75 Å². The number of nitrogens with one attached hydrogen (secondary N) is 1. The number of nitrogen functional groups attached to an aromatic ring is 1. The van der Waals surface area contributed by atoms with Crippen LogP contribution in [0.5, 0.6) is 5.75 Å². The number of hydrogen-bond acceptors (Lipinski definition) is 5. The summed E-state index contributed by atoms with van der Waals surface area (Å²) in [5.41, 5.74) is 5.76. The highest BCUT2D eigenvalue weighted by molar-refractivity contribution is 7.15. The lowest BCUT2D eigenvalue weighted by Crippen LogP contribution is -2.37. The number of methoxy groups -OCH3 is 1. The lowest BCUT2D eigenvalue weighted by Gasteiger charge is -2.22. The number of aromatic nitrogens is 1. The minimum atomic E-state index is -0.134. The first kappa shape index (κ1) is 18.1. The number of thiophene rings is 1. The first-order valence-electron chi connectivity index (χ1n) is 8.02. The summed E-state index contributed by atoms with van der Waals surface area (Å²) in [6.45, 7) is 3.49. The normalized spacial score (nSPS) is 10.4. The van der Waals surface area contributed by atoms with E-state index >= 15 is 0 Å². The zero-order valence-corrected chi connectivity index (χ0v) is 14.9. The predicted octanol–water partition coefficient (Wildman–Crippen LogP) is 3.61. The molecule has 6 nitrogen and oxygen atoms in total. The van der Waals surface area contributed by atoms with Crippen LogP contribution in [0.15, 0.2) is 30.5 Å². The SMILES string of the molecule is CCCCN(CCc1ccc(N)s1)C(=O)Nc1ccc(OC)cn1. The van der Waals surface area contributed by atoms with Crippen LogP contribution in [0.4, 0.5) is 15.6 Å². The summed E-state index contributed by atoms with van der Waals surface area (Å²) in [6.07, 6.45) is 4.39. The number of nitrogens with two attached hydrogens (primary N) is 1. The highest BCUT2D eigenvalue weighted by Crippen LogP contribution is 2.19. The monoisotopic (exact) mass is 348 g/mol. The third kappa shape index (κ3) is 5.42. The van der Waals surface area contributed by atoms with Gasteiger partial charge in [-0.3, -0.25) is 5.32 Å². The minimum Gasteiger partial charge on any atom is -0.495 e. The summed E-state index contributed by atoms with van der Waals surface area (Å²) in [5.74, 6) is 1.17. The molecule has 7 heteroatoms. The number of unbranched alkanes of at least 4 members (excludes halogenated alkanes) is 1. The second kappa shape index (κ2) is 9.12. The van der Waals surface area contributed by atoms with Gasteiger partial charge in [0.2, 0.25) is 0 Å². The molecule has 2 rings (SSSR count). The summed E-state index contributed by atoms with van der Waals surface area (Å²) >= 11 is 1.57. The van der Waals surface area contributed by atoms with Gasteiger partial charge in [-0.2, -0.15) is 0 Å². The number of nitrogens with zero attached hydrogens (tertiary/aromatic N) is 2. The van der Waals surface area contributed by atoms with Crippen LogP contribution in [-0.4, -0.2) is 36.1 Å². The molecule has 0 atom stereocenters. The summed E-state index contributed by atoms with van der Waals surface area (Å²) < 4.78 is 5.07. The molecule has 0 aliphatic heterocycles. The van der Waals surface area contributed by atoms with Crippen molar-refractivity contribution in [1.82, 2.24) is 9.88 Å². The smallest absolute Gasteiger partial charge is 0.323 e. The Morgan fingerprint density at radius 2 is 2.17 bits per heavy atom. The fraction of sp³-hybridized carbons (Fsp3) is 0.412. The largest absolute Gasteiger partial charge is 0.495 e. The molecule has 130 valence electrons. The van der Waals surface area contributed by atoms with Gasteiger partial charge in [-0.15, -0.1) is 11.3 Å². The molecule has 0 aromatic carbocycles. The van der Waals surface area contributed by atoms with Crippen molar-refractivity contribution in [2.45, 2.75) is 26.2 Å².